The smallest absolute Gasteiger partial charge is 0.131 e. The van der Waals surface area contributed by atoms with Gasteiger partial charge in [-0.15, -0.1) is 0 Å². The third-order valence-corrected chi connectivity index (χ3v) is 4.44. The van der Waals surface area contributed by atoms with Crippen LogP contribution in [0, 0.1) is 13.8 Å². The van der Waals surface area contributed by atoms with E-state index in [-0.39, 0.29) is 5.78 Å². The Morgan fingerprint density at radius 1 is 1.20 bits per heavy atom. The Morgan fingerprint density at radius 2 is 1.85 bits per heavy atom. The average molecular weight is 274 g/mol. The van der Waals surface area contributed by atoms with E-state index in [4.69, 9.17) is 0 Å². The number of nitrogens with zero attached hydrogens (tertiary/aromatic N) is 2. The highest BCUT2D eigenvalue weighted by atomic mass is 16.1. The number of anilines is 1. The van der Waals surface area contributed by atoms with Crippen LogP contribution < -0.4 is 4.90 Å². The summed E-state index contributed by atoms with van der Waals surface area (Å²) in [7, 11) is 0. The molecule has 1 fully saturated rings. The van der Waals surface area contributed by atoms with Crippen molar-refractivity contribution in [3.63, 3.8) is 0 Å². The molecule has 1 heterocycles. The van der Waals surface area contributed by atoms with E-state index in [2.05, 4.69) is 48.8 Å². The second-order valence-electron chi connectivity index (χ2n) is 6.00. The fourth-order valence-corrected chi connectivity index (χ4v) is 3.03. The SMILES string of the molecule is CC(=O)CC(C)N1CCN(c2cccc(C)c2C)CC1. The van der Waals surface area contributed by atoms with Gasteiger partial charge in [-0.05, 0) is 44.9 Å². The van der Waals surface area contributed by atoms with Gasteiger partial charge >= 0.3 is 0 Å². The molecule has 3 heteroatoms. The molecule has 0 spiro atoms. The molecular formula is C17H26N2O. The van der Waals surface area contributed by atoms with Gasteiger partial charge in [0.2, 0.25) is 0 Å². The molecule has 0 radical (unpaired) electrons. The Balaban J connectivity index is 1.97. The van der Waals surface area contributed by atoms with Crippen molar-refractivity contribution in [2.45, 2.75) is 40.2 Å². The maximum atomic E-state index is 11.2. The molecule has 1 saturated heterocycles. The molecule has 1 unspecified atom stereocenters. The normalized spacial score (nSPS) is 18.1. The Bertz CT molecular complexity index is 476. The molecule has 0 N–H and O–H groups in total. The third kappa shape index (κ3) is 3.40. The van der Waals surface area contributed by atoms with E-state index >= 15 is 0 Å². The summed E-state index contributed by atoms with van der Waals surface area (Å²) in [6.45, 7) is 12.4. The number of benzene rings is 1. The van der Waals surface area contributed by atoms with Crippen molar-refractivity contribution in [3.05, 3.63) is 29.3 Å². The number of hydrogen-bond acceptors (Lipinski definition) is 3. The number of hydrogen-bond donors (Lipinski definition) is 0. The summed E-state index contributed by atoms with van der Waals surface area (Å²) in [6, 6.07) is 6.90. The first-order chi connectivity index (χ1) is 9.49. The van der Waals surface area contributed by atoms with Gasteiger partial charge in [-0.2, -0.15) is 0 Å². The highest BCUT2D eigenvalue weighted by molar-refractivity contribution is 5.76. The van der Waals surface area contributed by atoms with Gasteiger partial charge < -0.3 is 4.90 Å². The third-order valence-electron chi connectivity index (χ3n) is 4.44. The zero-order chi connectivity index (χ0) is 14.7. The first kappa shape index (κ1) is 15.0. The standard InChI is InChI=1S/C17H26N2O/c1-13-6-5-7-17(16(13)4)19-10-8-18(9-11-19)14(2)12-15(3)20/h5-7,14H,8-12H2,1-4H3. The van der Waals surface area contributed by atoms with Crippen LogP contribution in [0.2, 0.25) is 0 Å². The van der Waals surface area contributed by atoms with E-state index in [1.165, 1.54) is 16.8 Å². The predicted molar refractivity (Wildman–Crippen MR) is 84.5 cm³/mol. The zero-order valence-electron chi connectivity index (χ0n) is 13.1. The summed E-state index contributed by atoms with van der Waals surface area (Å²) in [6.07, 6.45) is 0.670. The number of Topliss-reactive ketones (excluding diaryl/α,β-unsaturated/α-hetero) is 1. The molecule has 2 rings (SSSR count). The van der Waals surface area contributed by atoms with E-state index in [1.54, 1.807) is 6.92 Å². The van der Waals surface area contributed by atoms with Crippen LogP contribution in [0.15, 0.2) is 18.2 Å². The zero-order valence-corrected chi connectivity index (χ0v) is 13.1. The number of carbonyl (C=O) groups is 1. The van der Waals surface area contributed by atoms with E-state index in [1.807, 2.05) is 0 Å². The maximum absolute atomic E-state index is 11.2. The lowest BCUT2D eigenvalue weighted by molar-refractivity contribution is -0.118. The van der Waals surface area contributed by atoms with Crippen molar-refractivity contribution in [1.29, 1.82) is 0 Å². The van der Waals surface area contributed by atoms with Crippen molar-refractivity contribution in [3.8, 4) is 0 Å². The molecule has 1 aliphatic rings. The van der Waals surface area contributed by atoms with Gasteiger partial charge in [0.1, 0.15) is 5.78 Å². The van der Waals surface area contributed by atoms with Crippen molar-refractivity contribution < 1.29 is 4.79 Å². The van der Waals surface area contributed by atoms with Crippen molar-refractivity contribution >= 4 is 11.5 Å². The average Bonchev–Trinajstić information content (AvgIpc) is 2.41. The molecule has 110 valence electrons. The van der Waals surface area contributed by atoms with Gasteiger partial charge in [0, 0.05) is 44.3 Å². The molecule has 0 amide bonds. The Hall–Kier alpha value is -1.35. The minimum atomic E-state index is 0.287. The van der Waals surface area contributed by atoms with Gasteiger partial charge in [0.15, 0.2) is 0 Å². The second-order valence-corrected chi connectivity index (χ2v) is 6.00. The second kappa shape index (κ2) is 6.40. The van der Waals surface area contributed by atoms with Crippen LogP contribution in [0.4, 0.5) is 5.69 Å². The first-order valence-corrected chi connectivity index (χ1v) is 7.53. The molecule has 1 aliphatic heterocycles. The van der Waals surface area contributed by atoms with Crippen LogP contribution in [0.3, 0.4) is 0 Å². The van der Waals surface area contributed by atoms with Gasteiger partial charge in [0.25, 0.3) is 0 Å². The molecule has 1 aromatic carbocycles. The quantitative estimate of drug-likeness (QED) is 0.843. The topological polar surface area (TPSA) is 23.6 Å². The summed E-state index contributed by atoms with van der Waals surface area (Å²) >= 11 is 0. The minimum absolute atomic E-state index is 0.287. The number of rotatable bonds is 4. The fourth-order valence-electron chi connectivity index (χ4n) is 3.03. The molecule has 20 heavy (non-hydrogen) atoms. The van der Waals surface area contributed by atoms with E-state index < -0.39 is 0 Å². The molecule has 3 nitrogen and oxygen atoms in total. The predicted octanol–water partition coefficient (Wildman–Crippen LogP) is 2.79. The van der Waals surface area contributed by atoms with Gasteiger partial charge in [-0.1, -0.05) is 12.1 Å². The molecule has 0 aliphatic carbocycles. The van der Waals surface area contributed by atoms with Gasteiger partial charge in [-0.3, -0.25) is 9.69 Å². The number of piperazine rings is 1. The lowest BCUT2D eigenvalue weighted by atomic mass is 10.1. The molecule has 0 saturated carbocycles. The summed E-state index contributed by atoms with van der Waals surface area (Å²) in [5.74, 6) is 0.287. The minimum Gasteiger partial charge on any atom is -0.369 e. The van der Waals surface area contributed by atoms with Gasteiger partial charge in [0.05, 0.1) is 0 Å². The Kier molecular flexibility index (Phi) is 4.81. The Morgan fingerprint density at radius 3 is 2.45 bits per heavy atom. The molecule has 1 atom stereocenters. The van der Waals surface area contributed by atoms with Crippen molar-refractivity contribution in [2.24, 2.45) is 0 Å². The highest BCUT2D eigenvalue weighted by Gasteiger charge is 2.22. The molecule has 1 aromatic rings. The van der Waals surface area contributed by atoms with Gasteiger partial charge in [-0.25, -0.2) is 0 Å². The molecular weight excluding hydrogens is 248 g/mol. The van der Waals surface area contributed by atoms with Crippen molar-refractivity contribution in [2.75, 3.05) is 31.1 Å². The maximum Gasteiger partial charge on any atom is 0.131 e. The summed E-state index contributed by atoms with van der Waals surface area (Å²) < 4.78 is 0. The number of carbonyl (C=O) groups excluding carboxylic acids is 1. The highest BCUT2D eigenvalue weighted by Crippen LogP contribution is 2.24. The monoisotopic (exact) mass is 274 g/mol. The first-order valence-electron chi connectivity index (χ1n) is 7.53. The van der Waals surface area contributed by atoms with Crippen LogP contribution in [0.1, 0.15) is 31.4 Å². The van der Waals surface area contributed by atoms with Crippen LogP contribution in [0.25, 0.3) is 0 Å². The largest absolute Gasteiger partial charge is 0.369 e. The van der Waals surface area contributed by atoms with Crippen LogP contribution in [0.5, 0.6) is 0 Å². The van der Waals surface area contributed by atoms with Crippen LogP contribution in [-0.4, -0.2) is 42.9 Å². The summed E-state index contributed by atoms with van der Waals surface area (Å²) in [5.41, 5.74) is 4.11. The van der Waals surface area contributed by atoms with E-state index in [0.29, 0.717) is 12.5 Å². The summed E-state index contributed by atoms with van der Waals surface area (Å²) in [4.78, 5) is 16.1. The summed E-state index contributed by atoms with van der Waals surface area (Å²) in [5, 5.41) is 0. The van der Waals surface area contributed by atoms with Crippen molar-refractivity contribution in [1.82, 2.24) is 4.90 Å². The fraction of sp³-hybridized carbons (Fsp3) is 0.588. The number of aryl methyl sites for hydroxylation is 1. The molecule has 0 bridgehead atoms. The number of ketones is 1. The lowest BCUT2D eigenvalue weighted by Gasteiger charge is -2.39. The van der Waals surface area contributed by atoms with Crippen LogP contribution >= 0.6 is 0 Å². The van der Waals surface area contributed by atoms with E-state index in [9.17, 15) is 4.79 Å². The van der Waals surface area contributed by atoms with E-state index in [0.717, 1.165) is 26.2 Å². The van der Waals surface area contributed by atoms with Crippen LogP contribution in [-0.2, 0) is 4.79 Å². The lowest BCUT2D eigenvalue weighted by Crippen LogP contribution is -2.50. The molecule has 0 aromatic heterocycles. The Labute approximate surface area is 122 Å².